The van der Waals surface area contributed by atoms with Crippen LogP contribution in [0.4, 0.5) is 9.52 Å². The molecule has 1 heterocycles. The molecule has 0 saturated heterocycles. The van der Waals surface area contributed by atoms with Gasteiger partial charge in [0.05, 0.1) is 0 Å². The SMILES string of the molecule is CC(C)(C)Nc1nc(-c2ccc(F)cc2)ns1. The van der Waals surface area contributed by atoms with E-state index in [4.69, 9.17) is 0 Å². The van der Waals surface area contributed by atoms with Gasteiger partial charge in [-0.2, -0.15) is 9.36 Å². The summed E-state index contributed by atoms with van der Waals surface area (Å²) in [4.78, 5) is 4.37. The first kappa shape index (κ1) is 12.0. The predicted molar refractivity (Wildman–Crippen MR) is 68.7 cm³/mol. The van der Waals surface area contributed by atoms with E-state index in [2.05, 4.69) is 35.4 Å². The van der Waals surface area contributed by atoms with Crippen LogP contribution in [0.1, 0.15) is 20.8 Å². The number of hydrogen-bond acceptors (Lipinski definition) is 4. The second-order valence-electron chi connectivity index (χ2n) is 4.81. The second-order valence-corrected chi connectivity index (χ2v) is 5.56. The fourth-order valence-corrected chi connectivity index (χ4v) is 2.11. The van der Waals surface area contributed by atoms with E-state index in [1.54, 1.807) is 12.1 Å². The molecule has 0 amide bonds. The first-order valence-corrected chi connectivity index (χ1v) is 6.09. The minimum Gasteiger partial charge on any atom is -0.356 e. The zero-order valence-electron chi connectivity index (χ0n) is 9.99. The molecular weight excluding hydrogens is 237 g/mol. The molecule has 0 radical (unpaired) electrons. The van der Waals surface area contributed by atoms with Crippen molar-refractivity contribution in [3.05, 3.63) is 30.1 Å². The average Bonchev–Trinajstić information content (AvgIpc) is 2.64. The summed E-state index contributed by atoms with van der Waals surface area (Å²) in [5, 5.41) is 4.03. The number of nitrogens with zero attached hydrogens (tertiary/aromatic N) is 2. The molecule has 1 N–H and O–H groups in total. The lowest BCUT2D eigenvalue weighted by atomic mass is 10.1. The van der Waals surface area contributed by atoms with Crippen molar-refractivity contribution in [3.8, 4) is 11.4 Å². The Labute approximate surface area is 104 Å². The first-order valence-electron chi connectivity index (χ1n) is 5.32. The summed E-state index contributed by atoms with van der Waals surface area (Å²) in [5.41, 5.74) is 0.782. The monoisotopic (exact) mass is 251 g/mol. The molecule has 17 heavy (non-hydrogen) atoms. The Hall–Kier alpha value is -1.49. The van der Waals surface area contributed by atoms with Crippen molar-refractivity contribution < 1.29 is 4.39 Å². The third-order valence-electron chi connectivity index (χ3n) is 2.01. The largest absolute Gasteiger partial charge is 0.356 e. The van der Waals surface area contributed by atoms with Crippen LogP contribution in [-0.2, 0) is 0 Å². The van der Waals surface area contributed by atoms with Crippen LogP contribution in [0.15, 0.2) is 24.3 Å². The van der Waals surface area contributed by atoms with Gasteiger partial charge in [0.2, 0.25) is 5.13 Å². The van der Waals surface area contributed by atoms with E-state index in [1.807, 2.05) is 0 Å². The number of rotatable bonds is 2. The van der Waals surface area contributed by atoms with Crippen LogP contribution in [0.25, 0.3) is 11.4 Å². The van der Waals surface area contributed by atoms with Crippen molar-refractivity contribution in [2.45, 2.75) is 26.3 Å². The van der Waals surface area contributed by atoms with E-state index in [-0.39, 0.29) is 11.4 Å². The lowest BCUT2D eigenvalue weighted by Gasteiger charge is -2.18. The molecule has 5 heteroatoms. The number of anilines is 1. The van der Waals surface area contributed by atoms with Crippen LogP contribution >= 0.6 is 11.5 Å². The molecule has 0 saturated carbocycles. The van der Waals surface area contributed by atoms with E-state index in [0.29, 0.717) is 5.82 Å². The molecule has 0 atom stereocenters. The minimum atomic E-state index is -0.253. The van der Waals surface area contributed by atoms with Gasteiger partial charge in [0, 0.05) is 22.6 Å². The zero-order chi connectivity index (χ0) is 12.5. The number of nitrogens with one attached hydrogen (secondary N) is 1. The maximum Gasteiger partial charge on any atom is 0.203 e. The molecule has 0 aliphatic heterocycles. The summed E-state index contributed by atoms with van der Waals surface area (Å²) < 4.78 is 17.0. The van der Waals surface area contributed by atoms with Crippen LogP contribution in [-0.4, -0.2) is 14.9 Å². The van der Waals surface area contributed by atoms with Gasteiger partial charge in [-0.1, -0.05) is 0 Å². The highest BCUT2D eigenvalue weighted by molar-refractivity contribution is 7.09. The number of benzene rings is 1. The molecule has 0 bridgehead atoms. The summed E-state index contributed by atoms with van der Waals surface area (Å²) in [5.74, 6) is 0.374. The van der Waals surface area contributed by atoms with Gasteiger partial charge in [-0.25, -0.2) is 4.39 Å². The standard InChI is InChI=1S/C12H14FN3S/c1-12(2,3)15-11-14-10(16-17-11)8-4-6-9(13)7-5-8/h4-7H,1-3H3,(H,14,15,16). The number of hydrogen-bond donors (Lipinski definition) is 1. The van der Waals surface area contributed by atoms with Crippen molar-refractivity contribution >= 4 is 16.7 Å². The van der Waals surface area contributed by atoms with Crippen LogP contribution in [0, 0.1) is 5.82 Å². The molecule has 3 nitrogen and oxygen atoms in total. The molecule has 90 valence electrons. The maximum atomic E-state index is 12.8. The Morgan fingerprint density at radius 1 is 1.18 bits per heavy atom. The molecule has 0 unspecified atom stereocenters. The molecule has 2 aromatic rings. The molecule has 1 aromatic heterocycles. The quantitative estimate of drug-likeness (QED) is 0.887. The number of halogens is 1. The van der Waals surface area contributed by atoms with Gasteiger partial charge in [-0.05, 0) is 45.0 Å². The molecule has 0 spiro atoms. The van der Waals surface area contributed by atoms with Crippen LogP contribution in [0.2, 0.25) is 0 Å². The van der Waals surface area contributed by atoms with Gasteiger partial charge < -0.3 is 5.32 Å². The fourth-order valence-electron chi connectivity index (χ4n) is 1.31. The molecule has 2 rings (SSSR count). The third kappa shape index (κ3) is 3.23. The third-order valence-corrected chi connectivity index (χ3v) is 2.64. The molecule has 1 aromatic carbocycles. The summed E-state index contributed by atoms with van der Waals surface area (Å²) in [7, 11) is 0. The van der Waals surface area contributed by atoms with Crippen LogP contribution < -0.4 is 5.32 Å². The van der Waals surface area contributed by atoms with Gasteiger partial charge in [-0.3, -0.25) is 0 Å². The van der Waals surface area contributed by atoms with Crippen molar-refractivity contribution in [2.75, 3.05) is 5.32 Å². The Bertz CT molecular complexity index is 499. The molecule has 0 fully saturated rings. The first-order chi connectivity index (χ1) is 7.94. The minimum absolute atomic E-state index is 0.0421. The highest BCUT2D eigenvalue weighted by Gasteiger charge is 2.13. The van der Waals surface area contributed by atoms with Crippen molar-refractivity contribution in [1.29, 1.82) is 0 Å². The summed E-state index contributed by atoms with van der Waals surface area (Å²) in [6, 6.07) is 6.18. The summed E-state index contributed by atoms with van der Waals surface area (Å²) in [6.07, 6.45) is 0. The molecule has 0 aliphatic rings. The Kier molecular flexibility index (Phi) is 3.11. The van der Waals surface area contributed by atoms with E-state index in [9.17, 15) is 4.39 Å². The van der Waals surface area contributed by atoms with Gasteiger partial charge in [-0.15, -0.1) is 0 Å². The molecule has 0 aliphatic carbocycles. The van der Waals surface area contributed by atoms with E-state index in [0.717, 1.165) is 10.7 Å². The highest BCUT2D eigenvalue weighted by atomic mass is 32.1. The van der Waals surface area contributed by atoms with E-state index < -0.39 is 0 Å². The summed E-state index contributed by atoms with van der Waals surface area (Å²) >= 11 is 1.31. The van der Waals surface area contributed by atoms with Gasteiger partial charge in [0.25, 0.3) is 0 Å². The lowest BCUT2D eigenvalue weighted by Crippen LogP contribution is -2.25. The Balaban J connectivity index is 2.21. The van der Waals surface area contributed by atoms with Crippen molar-refractivity contribution in [3.63, 3.8) is 0 Å². The maximum absolute atomic E-state index is 12.8. The predicted octanol–water partition coefficient (Wildman–Crippen LogP) is 3.55. The summed E-state index contributed by atoms with van der Waals surface area (Å²) in [6.45, 7) is 6.18. The van der Waals surface area contributed by atoms with Gasteiger partial charge >= 0.3 is 0 Å². The lowest BCUT2D eigenvalue weighted by molar-refractivity contribution is 0.628. The van der Waals surface area contributed by atoms with E-state index in [1.165, 1.54) is 23.7 Å². The Morgan fingerprint density at radius 3 is 2.41 bits per heavy atom. The van der Waals surface area contributed by atoms with Crippen molar-refractivity contribution in [2.24, 2.45) is 0 Å². The highest BCUT2D eigenvalue weighted by Crippen LogP contribution is 2.23. The average molecular weight is 251 g/mol. The van der Waals surface area contributed by atoms with E-state index >= 15 is 0 Å². The van der Waals surface area contributed by atoms with Gasteiger partial charge in [0.1, 0.15) is 5.82 Å². The number of aromatic nitrogens is 2. The molecular formula is C12H14FN3S. The normalized spacial score (nSPS) is 11.5. The van der Waals surface area contributed by atoms with Crippen molar-refractivity contribution in [1.82, 2.24) is 9.36 Å². The fraction of sp³-hybridized carbons (Fsp3) is 0.333. The topological polar surface area (TPSA) is 37.8 Å². The van der Waals surface area contributed by atoms with Crippen LogP contribution in [0.3, 0.4) is 0 Å². The second kappa shape index (κ2) is 4.41. The zero-order valence-corrected chi connectivity index (χ0v) is 10.8. The smallest absolute Gasteiger partial charge is 0.203 e. The van der Waals surface area contributed by atoms with Gasteiger partial charge in [0.15, 0.2) is 5.82 Å². The van der Waals surface area contributed by atoms with Crippen LogP contribution in [0.5, 0.6) is 0 Å². The Morgan fingerprint density at radius 2 is 1.82 bits per heavy atom.